The van der Waals surface area contributed by atoms with Crippen LogP contribution in [0.25, 0.3) is 33.4 Å². The zero-order chi connectivity index (χ0) is 32.1. The highest BCUT2D eigenvalue weighted by molar-refractivity contribution is 5.96. The van der Waals surface area contributed by atoms with Crippen molar-refractivity contribution in [3.8, 4) is 39.7 Å². The molecule has 1 aromatic heterocycles. The Balaban J connectivity index is 1.83. The minimum atomic E-state index is -0.475. The van der Waals surface area contributed by atoms with Crippen LogP contribution in [0.2, 0.25) is 0 Å². The number of carbonyl (C=O) groups is 2. The van der Waals surface area contributed by atoms with Crippen LogP contribution in [-0.2, 0) is 27.2 Å². The SMILES string of the molecule is COCCCNC(=O)Cc1c(-c2ccccc2)oc2c(=O)cc3c(cc12)-c1c(cc(OC)c(OC)c1OC)CCC3NC(C)=O. The van der Waals surface area contributed by atoms with Crippen molar-refractivity contribution in [3.63, 3.8) is 0 Å². The van der Waals surface area contributed by atoms with Crippen molar-refractivity contribution in [3.05, 3.63) is 75.4 Å². The van der Waals surface area contributed by atoms with E-state index >= 15 is 0 Å². The van der Waals surface area contributed by atoms with Crippen LogP contribution in [0.15, 0.2) is 57.7 Å². The van der Waals surface area contributed by atoms with Crippen LogP contribution in [0.4, 0.5) is 0 Å². The fourth-order valence-electron chi connectivity index (χ4n) is 6.05. The van der Waals surface area contributed by atoms with E-state index < -0.39 is 6.04 Å². The number of hydrogen-bond donors (Lipinski definition) is 2. The van der Waals surface area contributed by atoms with E-state index in [1.165, 1.54) is 20.1 Å². The topological polar surface area (TPSA) is 125 Å². The molecule has 0 aliphatic heterocycles. The van der Waals surface area contributed by atoms with Gasteiger partial charge in [0.15, 0.2) is 17.1 Å². The minimum Gasteiger partial charge on any atom is -0.493 e. The van der Waals surface area contributed by atoms with Gasteiger partial charge in [-0.25, -0.2) is 0 Å². The Morgan fingerprint density at radius 3 is 2.40 bits per heavy atom. The van der Waals surface area contributed by atoms with Gasteiger partial charge in [0, 0.05) is 49.3 Å². The van der Waals surface area contributed by atoms with E-state index in [9.17, 15) is 14.4 Å². The summed E-state index contributed by atoms with van der Waals surface area (Å²) in [6.07, 6.45) is 1.73. The van der Waals surface area contributed by atoms with Gasteiger partial charge >= 0.3 is 0 Å². The molecule has 1 unspecified atom stereocenters. The Labute approximate surface area is 261 Å². The number of rotatable bonds is 11. The van der Waals surface area contributed by atoms with Gasteiger partial charge in [0.25, 0.3) is 0 Å². The number of amides is 2. The van der Waals surface area contributed by atoms with E-state index in [-0.39, 0.29) is 29.2 Å². The standard InChI is InChI=1S/C35H38N2O8/c1-20(38)37-27-13-12-22-16-29(42-3)34(43-4)35(44-5)31(22)24-17-25-26(19-30(40)36-14-9-15-41-2)32(21-10-7-6-8-11-21)45-33(25)28(39)18-23(24)27/h6-8,10-11,16-18,27H,9,12-15,19H2,1-5H3,(H,36,40)(H,37,38). The molecule has 1 aliphatic rings. The van der Waals surface area contributed by atoms with Gasteiger partial charge in [-0.2, -0.15) is 0 Å². The van der Waals surface area contributed by atoms with Gasteiger partial charge in [-0.05, 0) is 54.2 Å². The maximum absolute atomic E-state index is 14.0. The van der Waals surface area contributed by atoms with E-state index in [0.29, 0.717) is 83.1 Å². The van der Waals surface area contributed by atoms with E-state index in [2.05, 4.69) is 10.6 Å². The molecule has 10 heteroatoms. The van der Waals surface area contributed by atoms with Crippen LogP contribution in [0.3, 0.4) is 0 Å². The predicted octanol–water partition coefficient (Wildman–Crippen LogP) is 4.97. The van der Waals surface area contributed by atoms with Crippen molar-refractivity contribution >= 4 is 22.8 Å². The highest BCUT2D eigenvalue weighted by Crippen LogP contribution is 2.51. The Bertz CT molecular complexity index is 1780. The van der Waals surface area contributed by atoms with E-state index in [1.807, 2.05) is 42.5 Å². The van der Waals surface area contributed by atoms with Crippen molar-refractivity contribution in [1.82, 2.24) is 10.6 Å². The van der Waals surface area contributed by atoms with Gasteiger partial charge < -0.3 is 34.0 Å². The summed E-state index contributed by atoms with van der Waals surface area (Å²) in [5.74, 6) is 1.35. The smallest absolute Gasteiger partial charge is 0.224 e. The molecule has 3 aromatic carbocycles. The Hall–Kier alpha value is -4.83. The summed E-state index contributed by atoms with van der Waals surface area (Å²) in [5, 5.41) is 6.47. The molecule has 1 atom stereocenters. The van der Waals surface area contributed by atoms with Crippen LogP contribution in [0.1, 0.15) is 42.5 Å². The first kappa shape index (κ1) is 31.6. The molecule has 0 bridgehead atoms. The lowest BCUT2D eigenvalue weighted by Crippen LogP contribution is -2.26. The van der Waals surface area contributed by atoms with Crippen LogP contribution in [0, 0.1) is 0 Å². The Morgan fingerprint density at radius 2 is 1.73 bits per heavy atom. The van der Waals surface area contributed by atoms with Crippen LogP contribution in [0.5, 0.6) is 17.2 Å². The summed E-state index contributed by atoms with van der Waals surface area (Å²) in [6, 6.07) is 14.2. The first-order valence-electron chi connectivity index (χ1n) is 14.8. The highest BCUT2D eigenvalue weighted by Gasteiger charge is 2.31. The number of ether oxygens (including phenoxy) is 4. The largest absolute Gasteiger partial charge is 0.493 e. The monoisotopic (exact) mass is 614 g/mol. The second-order valence-corrected chi connectivity index (χ2v) is 10.9. The number of carbonyl (C=O) groups excluding carboxylic acids is 2. The molecular formula is C35H38N2O8. The van der Waals surface area contributed by atoms with Crippen molar-refractivity contribution < 1.29 is 33.0 Å². The third kappa shape index (κ3) is 6.37. The maximum atomic E-state index is 14.0. The molecule has 236 valence electrons. The first-order chi connectivity index (χ1) is 21.8. The van der Waals surface area contributed by atoms with Gasteiger partial charge in [0.2, 0.25) is 23.0 Å². The molecule has 1 heterocycles. The number of furan rings is 1. The van der Waals surface area contributed by atoms with Crippen LogP contribution in [-0.4, -0.2) is 53.4 Å². The Kier molecular flexibility index (Phi) is 9.73. The van der Waals surface area contributed by atoms with E-state index in [0.717, 1.165) is 11.1 Å². The summed E-state index contributed by atoms with van der Waals surface area (Å²) >= 11 is 0. The minimum absolute atomic E-state index is 0.0204. The lowest BCUT2D eigenvalue weighted by Gasteiger charge is -2.20. The molecule has 45 heavy (non-hydrogen) atoms. The average Bonchev–Trinajstić information content (AvgIpc) is 3.24. The lowest BCUT2D eigenvalue weighted by molar-refractivity contribution is -0.121. The highest BCUT2D eigenvalue weighted by atomic mass is 16.5. The lowest BCUT2D eigenvalue weighted by atomic mass is 9.94. The third-order valence-electron chi connectivity index (χ3n) is 8.02. The molecule has 1 aliphatic carbocycles. The second-order valence-electron chi connectivity index (χ2n) is 10.9. The van der Waals surface area contributed by atoms with Crippen LogP contribution < -0.4 is 30.3 Å². The zero-order valence-corrected chi connectivity index (χ0v) is 26.2. The molecule has 0 saturated carbocycles. The molecule has 4 aromatic rings. The molecule has 2 amide bonds. The molecule has 2 N–H and O–H groups in total. The summed E-state index contributed by atoms with van der Waals surface area (Å²) in [6.45, 7) is 2.42. The number of nitrogens with one attached hydrogen (secondary N) is 2. The number of methoxy groups -OCH3 is 4. The zero-order valence-electron chi connectivity index (χ0n) is 26.2. The molecule has 0 spiro atoms. The van der Waals surface area contributed by atoms with Crippen molar-refractivity contribution in [1.29, 1.82) is 0 Å². The molecule has 0 radical (unpaired) electrons. The van der Waals surface area contributed by atoms with Gasteiger partial charge in [0.05, 0.1) is 33.8 Å². The van der Waals surface area contributed by atoms with Gasteiger partial charge in [-0.1, -0.05) is 30.3 Å². The summed E-state index contributed by atoms with van der Waals surface area (Å²) < 4.78 is 28.8. The Morgan fingerprint density at radius 1 is 0.978 bits per heavy atom. The van der Waals surface area contributed by atoms with Crippen molar-refractivity contribution in [2.75, 3.05) is 41.6 Å². The second kappa shape index (κ2) is 13.9. The summed E-state index contributed by atoms with van der Waals surface area (Å²) in [4.78, 5) is 39.6. The predicted molar refractivity (Wildman–Crippen MR) is 171 cm³/mol. The summed E-state index contributed by atoms with van der Waals surface area (Å²) in [7, 11) is 6.26. The fraction of sp³-hybridized carbons (Fsp3) is 0.343. The molecule has 10 nitrogen and oxygen atoms in total. The van der Waals surface area contributed by atoms with Crippen molar-refractivity contribution in [2.45, 2.75) is 38.6 Å². The maximum Gasteiger partial charge on any atom is 0.224 e. The number of aryl methyl sites for hydroxylation is 1. The first-order valence-corrected chi connectivity index (χ1v) is 14.8. The molecule has 0 saturated heterocycles. The number of benzene rings is 2. The third-order valence-corrected chi connectivity index (χ3v) is 8.02. The summed E-state index contributed by atoms with van der Waals surface area (Å²) in [5.41, 5.74) is 3.96. The molecule has 5 rings (SSSR count). The van der Waals surface area contributed by atoms with Crippen molar-refractivity contribution in [2.24, 2.45) is 0 Å². The quantitative estimate of drug-likeness (QED) is 0.227. The van der Waals surface area contributed by atoms with Gasteiger partial charge in [-0.3, -0.25) is 14.4 Å². The molecular weight excluding hydrogens is 576 g/mol. The normalized spacial score (nSPS) is 13.8. The fourth-order valence-corrected chi connectivity index (χ4v) is 6.05. The van der Waals surface area contributed by atoms with Gasteiger partial charge in [0.1, 0.15) is 5.76 Å². The van der Waals surface area contributed by atoms with E-state index in [4.69, 9.17) is 23.4 Å². The average molecular weight is 615 g/mol. The van der Waals surface area contributed by atoms with E-state index in [1.54, 1.807) is 21.3 Å². The number of fused-ring (bicyclic) bond motifs is 4. The molecule has 0 fully saturated rings. The number of hydrogen-bond acceptors (Lipinski definition) is 8. The van der Waals surface area contributed by atoms with Gasteiger partial charge in [-0.15, -0.1) is 0 Å². The van der Waals surface area contributed by atoms with Crippen LogP contribution >= 0.6 is 0 Å².